The van der Waals surface area contributed by atoms with Gasteiger partial charge in [0.15, 0.2) is 18.4 Å². The number of carbonyl (C=O) groups excluding carboxylic acids is 2. The number of cyclic esters (lactones) is 1. The predicted molar refractivity (Wildman–Crippen MR) is 227 cm³/mol. The Balaban J connectivity index is 1.17. The molecule has 3 aliphatic heterocycles. The average Bonchev–Trinajstić information content (AvgIpc) is 3.82. The van der Waals surface area contributed by atoms with Crippen LogP contribution < -0.4 is 5.32 Å². The molecule has 12 heteroatoms. The van der Waals surface area contributed by atoms with Crippen molar-refractivity contribution in [2.75, 3.05) is 35.4 Å². The van der Waals surface area contributed by atoms with Crippen molar-refractivity contribution in [3.05, 3.63) is 47.5 Å². The van der Waals surface area contributed by atoms with Gasteiger partial charge in [0, 0.05) is 51.8 Å². The number of Topliss-reactive ketones (excluding diaryl/α,β-unsaturated/α-hetero) is 1. The van der Waals surface area contributed by atoms with Crippen LogP contribution in [0.3, 0.4) is 0 Å². The topological polar surface area (TPSA) is 123 Å². The van der Waals surface area contributed by atoms with Gasteiger partial charge in [-0.2, -0.15) is 0 Å². The molecule has 1 aromatic carbocycles. The summed E-state index contributed by atoms with van der Waals surface area (Å²) in [5.74, 6) is -0.0409. The van der Waals surface area contributed by atoms with Crippen LogP contribution in [0.15, 0.2) is 42.0 Å². The number of nitrogens with zero attached hydrogens (tertiary/aromatic N) is 1. The summed E-state index contributed by atoms with van der Waals surface area (Å²) in [5.41, 5.74) is 1.98. The molecule has 18 atom stereocenters. The zero-order valence-corrected chi connectivity index (χ0v) is 37.7. The number of nitrogens with one attached hydrogen (secondary N) is 1. The highest BCUT2D eigenvalue weighted by atomic mass is 16.7. The molecule has 0 aromatic heterocycles. The fourth-order valence-corrected chi connectivity index (χ4v) is 12.1. The zero-order chi connectivity index (χ0) is 42.7. The van der Waals surface area contributed by atoms with Crippen LogP contribution in [0.4, 0.5) is 0 Å². The fourth-order valence-electron chi connectivity index (χ4n) is 12.1. The molecule has 0 bridgehead atoms. The smallest absolute Gasteiger partial charge is 0.306 e. The molecule has 3 heterocycles. The number of allylic oxidation sites excluding steroid dienone is 2. The summed E-state index contributed by atoms with van der Waals surface area (Å²) in [6, 6.07) is 10.9. The van der Waals surface area contributed by atoms with Gasteiger partial charge in [-0.25, -0.2) is 0 Å². The molecule has 5 unspecified atom stereocenters. The lowest BCUT2D eigenvalue weighted by Crippen LogP contribution is -2.59. The van der Waals surface area contributed by atoms with E-state index in [0.29, 0.717) is 24.9 Å². The standard InChI is InChI=1S/C48H74N2O10/c1-10-32-17-14-18-40(60-42-20-19-39(50(5)6)28(3)56-42)27(2)44(52)37-24-35-34-23-33(59-48-47(55-9)46(54-8)45(53-7)29(4)57-48)21-31(34)22-38(43(35)36(37)25-41(51)58-32)49-26-30-15-12-11-13-16-30/h11-13,15-16,24,27-29,31-36,38-40,42-43,45-49H,10,14,17-23,25-26H2,1-9H3/t27-,28?,29?,31+,32+,33-,34-,35+,36-,38+,39+,40+,42?,43-,45+,46?,47?,48+/m1/s1. The monoisotopic (exact) mass is 839 g/mol. The van der Waals surface area contributed by atoms with Gasteiger partial charge < -0.3 is 48.1 Å². The van der Waals surface area contributed by atoms with Crippen molar-refractivity contribution in [3.8, 4) is 0 Å². The number of rotatable bonds is 12. The van der Waals surface area contributed by atoms with Gasteiger partial charge in [-0.15, -0.1) is 0 Å². The van der Waals surface area contributed by atoms with Crippen LogP contribution in [-0.4, -0.2) is 126 Å². The molecule has 3 aliphatic carbocycles. The molecule has 0 spiro atoms. The number of hydrogen-bond acceptors (Lipinski definition) is 12. The minimum atomic E-state index is -0.614. The second kappa shape index (κ2) is 20.5. The summed E-state index contributed by atoms with van der Waals surface area (Å²) in [7, 11) is 9.20. The predicted octanol–water partition coefficient (Wildman–Crippen LogP) is 6.48. The van der Waals surface area contributed by atoms with Crippen LogP contribution in [0.5, 0.6) is 0 Å². The van der Waals surface area contributed by atoms with E-state index in [2.05, 4.69) is 68.5 Å². The van der Waals surface area contributed by atoms with Gasteiger partial charge in [0.05, 0.1) is 30.8 Å². The molecular weight excluding hydrogens is 765 g/mol. The first-order valence-corrected chi connectivity index (χ1v) is 23.0. The minimum Gasteiger partial charge on any atom is -0.462 e. The summed E-state index contributed by atoms with van der Waals surface area (Å²) in [6.45, 7) is 8.93. The van der Waals surface area contributed by atoms with E-state index in [1.165, 1.54) is 5.56 Å². The van der Waals surface area contributed by atoms with Crippen LogP contribution in [0.1, 0.15) is 97.5 Å². The van der Waals surface area contributed by atoms with Crippen molar-refractivity contribution in [2.45, 2.75) is 172 Å². The van der Waals surface area contributed by atoms with Gasteiger partial charge in [-0.05, 0) is 121 Å². The first-order chi connectivity index (χ1) is 28.9. The van der Waals surface area contributed by atoms with E-state index in [0.717, 1.165) is 56.9 Å². The van der Waals surface area contributed by atoms with Crippen molar-refractivity contribution in [1.82, 2.24) is 10.2 Å². The van der Waals surface area contributed by atoms with Gasteiger partial charge >= 0.3 is 5.97 Å². The van der Waals surface area contributed by atoms with Crippen LogP contribution in [0, 0.1) is 35.5 Å². The molecule has 7 rings (SSSR count). The largest absolute Gasteiger partial charge is 0.462 e. The van der Waals surface area contributed by atoms with Crippen molar-refractivity contribution in [1.29, 1.82) is 0 Å². The number of carbonyl (C=O) groups is 2. The van der Waals surface area contributed by atoms with Crippen molar-refractivity contribution < 1.29 is 47.5 Å². The normalized spacial score (nSPS) is 42.7. The highest BCUT2D eigenvalue weighted by Crippen LogP contribution is 2.57. The third-order valence-electron chi connectivity index (χ3n) is 15.2. The molecule has 1 N–H and O–H groups in total. The minimum absolute atomic E-state index is 0.0227. The summed E-state index contributed by atoms with van der Waals surface area (Å²) in [4.78, 5) is 31.3. The lowest BCUT2D eigenvalue weighted by molar-refractivity contribution is -0.314. The summed E-state index contributed by atoms with van der Waals surface area (Å²) in [6.07, 6.45) is 6.97. The first-order valence-electron chi connectivity index (χ1n) is 23.0. The summed E-state index contributed by atoms with van der Waals surface area (Å²) >= 11 is 0. The van der Waals surface area contributed by atoms with Gasteiger partial charge in [-0.1, -0.05) is 50.3 Å². The van der Waals surface area contributed by atoms with Crippen molar-refractivity contribution >= 4 is 11.8 Å². The third kappa shape index (κ3) is 9.92. The summed E-state index contributed by atoms with van der Waals surface area (Å²) < 4.78 is 50.4. The second-order valence-corrected chi connectivity index (χ2v) is 18.9. The first kappa shape index (κ1) is 45.8. The van der Waals surface area contributed by atoms with Crippen LogP contribution in [-0.2, 0) is 54.0 Å². The van der Waals surface area contributed by atoms with E-state index in [9.17, 15) is 4.79 Å². The molecule has 12 nitrogen and oxygen atoms in total. The number of benzene rings is 1. The molecule has 2 saturated carbocycles. The maximum atomic E-state index is 15.1. The molecule has 0 radical (unpaired) electrons. The Hall–Kier alpha value is -2.26. The van der Waals surface area contributed by atoms with Crippen LogP contribution in [0.2, 0.25) is 0 Å². The fraction of sp³-hybridized carbons (Fsp3) is 0.792. The Morgan fingerprint density at radius 2 is 1.58 bits per heavy atom. The number of likely N-dealkylation sites (N-methyl/N-ethyl adjacent to an activating group) is 1. The van der Waals surface area contributed by atoms with E-state index in [-0.39, 0.29) is 96.9 Å². The Morgan fingerprint density at radius 3 is 2.27 bits per heavy atom. The molecule has 3 saturated heterocycles. The Kier molecular flexibility index (Phi) is 15.6. The van der Waals surface area contributed by atoms with E-state index < -0.39 is 18.3 Å². The number of methoxy groups -OCH3 is 3. The molecule has 336 valence electrons. The molecule has 0 amide bonds. The SMILES string of the molecule is CC[C@H]1CCC[C@H](OC2CC[C@H](N(C)C)C(C)O2)[C@@H](C)C(=O)C2=C[C@H]3[C@@H]4C[C@H](O[C@@H]5OC(C)[C@H](OC)C(OC)C5OC)C[C@H]4C[C@H](NCc4ccccc4)[C@H]3[C@@H]2CC(=O)O1. The molecule has 5 fully saturated rings. The van der Waals surface area contributed by atoms with Gasteiger partial charge in [0.1, 0.15) is 24.4 Å². The van der Waals surface area contributed by atoms with Crippen molar-refractivity contribution in [2.24, 2.45) is 35.5 Å². The lowest BCUT2D eigenvalue weighted by atomic mass is 9.63. The van der Waals surface area contributed by atoms with Crippen LogP contribution in [0.25, 0.3) is 0 Å². The quantitative estimate of drug-likeness (QED) is 0.232. The maximum absolute atomic E-state index is 15.1. The zero-order valence-electron chi connectivity index (χ0n) is 37.7. The number of ketones is 1. The Morgan fingerprint density at radius 1 is 0.833 bits per heavy atom. The van der Waals surface area contributed by atoms with E-state index in [1.54, 1.807) is 21.3 Å². The van der Waals surface area contributed by atoms with E-state index >= 15 is 4.79 Å². The maximum Gasteiger partial charge on any atom is 0.306 e. The van der Waals surface area contributed by atoms with E-state index in [1.807, 2.05) is 19.9 Å². The number of hydrogen-bond donors (Lipinski definition) is 1. The van der Waals surface area contributed by atoms with Gasteiger partial charge in [0.2, 0.25) is 0 Å². The number of fused-ring (bicyclic) bond motifs is 5. The Labute approximate surface area is 359 Å². The van der Waals surface area contributed by atoms with Crippen LogP contribution >= 0.6 is 0 Å². The molecule has 60 heavy (non-hydrogen) atoms. The lowest BCUT2D eigenvalue weighted by Gasteiger charge is -2.44. The Bertz CT molecular complexity index is 1590. The number of ether oxygens (including phenoxy) is 8. The van der Waals surface area contributed by atoms with Crippen molar-refractivity contribution in [3.63, 3.8) is 0 Å². The van der Waals surface area contributed by atoms with Gasteiger partial charge in [-0.3, -0.25) is 9.59 Å². The second-order valence-electron chi connectivity index (χ2n) is 18.9. The highest BCUT2D eigenvalue weighted by Gasteiger charge is 2.56. The van der Waals surface area contributed by atoms with Gasteiger partial charge in [0.25, 0.3) is 0 Å². The molecule has 1 aromatic rings. The average molecular weight is 839 g/mol. The van der Waals surface area contributed by atoms with E-state index in [4.69, 9.17) is 37.9 Å². The highest BCUT2D eigenvalue weighted by molar-refractivity contribution is 5.99. The third-order valence-corrected chi connectivity index (χ3v) is 15.2. The summed E-state index contributed by atoms with van der Waals surface area (Å²) in [5, 5.41) is 3.97. The molecular formula is C48H74N2O10. The molecule has 6 aliphatic rings. The number of esters is 1.